The number of carbonyl (C=O) groups excluding carboxylic acids is 1. The van der Waals surface area contributed by atoms with Crippen LogP contribution < -0.4 is 5.32 Å². The fraction of sp³-hybridized carbons (Fsp3) is 0.909. The molecule has 0 aromatic heterocycles. The van der Waals surface area contributed by atoms with Crippen molar-refractivity contribution < 1.29 is 24.1 Å². The molecule has 96 valence electrons. The molecule has 3 fully saturated rings. The highest BCUT2D eigenvalue weighted by Gasteiger charge is 2.56. The zero-order chi connectivity index (χ0) is 12.2. The number of carbonyl (C=O) groups is 1. The molecule has 3 aliphatic heterocycles. The lowest BCUT2D eigenvalue weighted by molar-refractivity contribution is -0.217. The molecule has 6 heteroatoms. The highest BCUT2D eigenvalue weighted by molar-refractivity contribution is 5.78. The second-order valence-electron chi connectivity index (χ2n) is 5.27. The lowest BCUT2D eigenvalue weighted by atomic mass is 10.0. The summed E-state index contributed by atoms with van der Waals surface area (Å²) in [4.78, 5) is 11.2. The molecule has 2 N–H and O–H groups in total. The van der Waals surface area contributed by atoms with Gasteiger partial charge in [0.15, 0.2) is 12.1 Å². The molecule has 17 heavy (non-hydrogen) atoms. The Labute approximate surface area is 99.2 Å². The molecule has 3 saturated heterocycles. The summed E-state index contributed by atoms with van der Waals surface area (Å²) in [6.45, 7) is 3.57. The second-order valence-corrected chi connectivity index (χ2v) is 5.27. The molecule has 0 aromatic rings. The van der Waals surface area contributed by atoms with Gasteiger partial charge in [-0.05, 0) is 20.3 Å². The standard InChI is InChI=1S/C11H17NO5/c1-11(2)16-9-7(14)8(15-10(9)17-11)5-3-4-6(13)12-5/h5,7-10,14H,3-4H2,1-2H3,(H,12,13)/t5-,7-,8+,9+,10+/m0/s1. The van der Waals surface area contributed by atoms with Crippen molar-refractivity contribution in [2.75, 3.05) is 0 Å². The fourth-order valence-electron chi connectivity index (χ4n) is 2.73. The molecule has 3 rings (SSSR count). The van der Waals surface area contributed by atoms with Gasteiger partial charge < -0.3 is 24.6 Å². The summed E-state index contributed by atoms with van der Waals surface area (Å²) >= 11 is 0. The second kappa shape index (κ2) is 3.65. The number of hydrogen-bond acceptors (Lipinski definition) is 5. The van der Waals surface area contributed by atoms with E-state index in [1.165, 1.54) is 0 Å². The van der Waals surface area contributed by atoms with Gasteiger partial charge in [0, 0.05) is 6.42 Å². The molecule has 0 aromatic carbocycles. The zero-order valence-electron chi connectivity index (χ0n) is 9.88. The van der Waals surface area contributed by atoms with Gasteiger partial charge in [0.05, 0.1) is 6.04 Å². The number of fused-ring (bicyclic) bond motifs is 1. The number of nitrogens with one attached hydrogen (secondary N) is 1. The Balaban J connectivity index is 1.70. The topological polar surface area (TPSA) is 77.0 Å². The molecule has 6 nitrogen and oxygen atoms in total. The number of ether oxygens (including phenoxy) is 3. The predicted octanol–water partition coefficient (Wildman–Crippen LogP) is -0.498. The molecule has 5 atom stereocenters. The maximum absolute atomic E-state index is 11.2. The number of amides is 1. The third-order valence-electron chi connectivity index (χ3n) is 3.48. The molecular weight excluding hydrogens is 226 g/mol. The Morgan fingerprint density at radius 2 is 2.12 bits per heavy atom. The normalized spacial score (nSPS) is 48.2. The maximum atomic E-state index is 11.2. The van der Waals surface area contributed by atoms with Crippen LogP contribution in [-0.2, 0) is 19.0 Å². The Morgan fingerprint density at radius 3 is 2.71 bits per heavy atom. The third kappa shape index (κ3) is 1.85. The van der Waals surface area contributed by atoms with Crippen molar-refractivity contribution in [3.8, 4) is 0 Å². The highest BCUT2D eigenvalue weighted by atomic mass is 16.8. The molecule has 1 amide bonds. The Hall–Kier alpha value is -0.690. The first-order valence-corrected chi connectivity index (χ1v) is 5.95. The van der Waals surface area contributed by atoms with E-state index in [0.29, 0.717) is 12.8 Å². The summed E-state index contributed by atoms with van der Waals surface area (Å²) in [5, 5.41) is 13.0. The van der Waals surface area contributed by atoms with E-state index in [9.17, 15) is 9.90 Å². The van der Waals surface area contributed by atoms with Gasteiger partial charge in [0.1, 0.15) is 18.3 Å². The SMILES string of the molecule is CC1(C)O[C@H]2O[C@H]([C@@H]3CCC(=O)N3)[C@H](O)[C@H]2O1. The van der Waals surface area contributed by atoms with Crippen LogP contribution in [0.3, 0.4) is 0 Å². The van der Waals surface area contributed by atoms with Crippen LogP contribution >= 0.6 is 0 Å². The zero-order valence-corrected chi connectivity index (χ0v) is 9.88. The van der Waals surface area contributed by atoms with Gasteiger partial charge in [-0.1, -0.05) is 0 Å². The summed E-state index contributed by atoms with van der Waals surface area (Å²) in [5.41, 5.74) is 0. The Kier molecular flexibility index (Phi) is 2.45. The van der Waals surface area contributed by atoms with Crippen molar-refractivity contribution in [2.24, 2.45) is 0 Å². The van der Waals surface area contributed by atoms with Crippen LogP contribution in [0.5, 0.6) is 0 Å². The summed E-state index contributed by atoms with van der Waals surface area (Å²) in [5.74, 6) is -0.717. The molecule has 0 bridgehead atoms. The van der Waals surface area contributed by atoms with E-state index in [4.69, 9.17) is 14.2 Å². The van der Waals surface area contributed by atoms with Gasteiger partial charge in [-0.2, -0.15) is 0 Å². The fourth-order valence-corrected chi connectivity index (χ4v) is 2.73. The quantitative estimate of drug-likeness (QED) is 0.649. The van der Waals surface area contributed by atoms with E-state index in [1.807, 2.05) is 0 Å². The first kappa shape index (κ1) is 11.4. The molecule has 0 unspecified atom stereocenters. The molecule has 0 saturated carbocycles. The first-order valence-electron chi connectivity index (χ1n) is 5.95. The molecule has 3 aliphatic rings. The lowest BCUT2D eigenvalue weighted by Crippen LogP contribution is -2.45. The first-order chi connectivity index (χ1) is 7.96. The number of aliphatic hydroxyl groups excluding tert-OH is 1. The van der Waals surface area contributed by atoms with Gasteiger partial charge in [-0.15, -0.1) is 0 Å². The minimum absolute atomic E-state index is 0.00465. The summed E-state index contributed by atoms with van der Waals surface area (Å²) in [6, 6.07) is -0.140. The van der Waals surface area contributed by atoms with Crippen LogP contribution in [0, 0.1) is 0 Å². The average molecular weight is 243 g/mol. The molecule has 0 aliphatic carbocycles. The number of aliphatic hydroxyl groups is 1. The smallest absolute Gasteiger partial charge is 0.220 e. The largest absolute Gasteiger partial charge is 0.387 e. The van der Waals surface area contributed by atoms with Crippen molar-refractivity contribution in [2.45, 2.75) is 63.1 Å². The van der Waals surface area contributed by atoms with Gasteiger partial charge in [-0.3, -0.25) is 4.79 Å². The highest BCUT2D eigenvalue weighted by Crippen LogP contribution is 2.39. The van der Waals surface area contributed by atoms with Gasteiger partial charge in [-0.25, -0.2) is 0 Å². The van der Waals surface area contributed by atoms with Crippen molar-refractivity contribution in [3.63, 3.8) is 0 Å². The number of hydrogen-bond donors (Lipinski definition) is 2. The van der Waals surface area contributed by atoms with Gasteiger partial charge >= 0.3 is 0 Å². The van der Waals surface area contributed by atoms with E-state index in [-0.39, 0.29) is 11.9 Å². The predicted molar refractivity (Wildman–Crippen MR) is 55.9 cm³/mol. The third-order valence-corrected chi connectivity index (χ3v) is 3.48. The van der Waals surface area contributed by atoms with Crippen molar-refractivity contribution >= 4 is 5.91 Å². The van der Waals surface area contributed by atoms with E-state index in [2.05, 4.69) is 5.32 Å². The van der Waals surface area contributed by atoms with E-state index >= 15 is 0 Å². The van der Waals surface area contributed by atoms with E-state index in [0.717, 1.165) is 0 Å². The van der Waals surface area contributed by atoms with Crippen molar-refractivity contribution in [3.05, 3.63) is 0 Å². The minimum Gasteiger partial charge on any atom is -0.387 e. The van der Waals surface area contributed by atoms with Crippen LogP contribution in [0.1, 0.15) is 26.7 Å². The lowest BCUT2D eigenvalue weighted by Gasteiger charge is -2.26. The molecule has 0 radical (unpaired) electrons. The van der Waals surface area contributed by atoms with E-state index < -0.39 is 30.4 Å². The molecule has 0 spiro atoms. The van der Waals surface area contributed by atoms with Crippen LogP contribution in [0.2, 0.25) is 0 Å². The number of rotatable bonds is 1. The van der Waals surface area contributed by atoms with E-state index in [1.54, 1.807) is 13.8 Å². The maximum Gasteiger partial charge on any atom is 0.220 e. The average Bonchev–Trinajstić information content (AvgIpc) is 2.83. The summed E-state index contributed by atoms with van der Waals surface area (Å²) in [6.07, 6.45) is -1.03. The van der Waals surface area contributed by atoms with Crippen molar-refractivity contribution in [1.29, 1.82) is 0 Å². The summed E-state index contributed by atoms with van der Waals surface area (Å²) in [7, 11) is 0. The van der Waals surface area contributed by atoms with Gasteiger partial charge in [0.2, 0.25) is 5.91 Å². The minimum atomic E-state index is -0.759. The monoisotopic (exact) mass is 243 g/mol. The van der Waals surface area contributed by atoms with Crippen LogP contribution in [-0.4, -0.2) is 47.4 Å². The molecular formula is C11H17NO5. The molecule has 3 heterocycles. The van der Waals surface area contributed by atoms with Crippen LogP contribution in [0.25, 0.3) is 0 Å². The van der Waals surface area contributed by atoms with Gasteiger partial charge in [0.25, 0.3) is 0 Å². The summed E-state index contributed by atoms with van der Waals surface area (Å²) < 4.78 is 16.8. The Bertz CT molecular complexity index is 345. The van der Waals surface area contributed by atoms with Crippen molar-refractivity contribution in [1.82, 2.24) is 5.32 Å². The van der Waals surface area contributed by atoms with Crippen LogP contribution in [0.4, 0.5) is 0 Å². The Morgan fingerprint density at radius 1 is 1.35 bits per heavy atom. The van der Waals surface area contributed by atoms with Crippen LogP contribution in [0.15, 0.2) is 0 Å².